The summed E-state index contributed by atoms with van der Waals surface area (Å²) < 4.78 is 0. The highest BCUT2D eigenvalue weighted by Gasteiger charge is 2.12. The van der Waals surface area contributed by atoms with Gasteiger partial charge in [0.2, 0.25) is 0 Å². The second-order valence-electron chi connectivity index (χ2n) is 3.85. The Bertz CT molecular complexity index is 390. The average molecular weight is 216 g/mol. The van der Waals surface area contributed by atoms with E-state index in [4.69, 9.17) is 5.26 Å². The number of hydrogen-bond acceptors (Lipinski definition) is 3. The highest BCUT2D eigenvalue weighted by molar-refractivity contribution is 5.33. The molecule has 3 nitrogen and oxygen atoms in total. The van der Waals surface area contributed by atoms with E-state index in [2.05, 4.69) is 0 Å². The predicted molar refractivity (Wildman–Crippen MR) is 63.7 cm³/mol. The number of nitrogens with zero attached hydrogens (tertiary/aromatic N) is 2. The van der Waals surface area contributed by atoms with Gasteiger partial charge < -0.3 is 10.0 Å². The molecule has 0 heterocycles. The van der Waals surface area contributed by atoms with E-state index in [9.17, 15) is 5.11 Å². The number of aliphatic hydroxyl groups is 1. The molecule has 0 fully saturated rings. The number of hydrogen-bond donors (Lipinski definition) is 1. The first-order valence-corrected chi connectivity index (χ1v) is 5.13. The predicted octanol–water partition coefficient (Wildman–Crippen LogP) is 1.73. The van der Waals surface area contributed by atoms with Gasteiger partial charge in [-0.25, -0.2) is 0 Å². The monoisotopic (exact) mass is 216 g/mol. The van der Waals surface area contributed by atoms with Crippen molar-refractivity contribution in [1.29, 1.82) is 5.26 Å². The molecule has 0 aliphatic heterocycles. The van der Waals surface area contributed by atoms with E-state index in [1.165, 1.54) is 0 Å². The fraction of sp³-hybridized carbons (Fsp3) is 0.308. The molecule has 1 aromatic carbocycles. The van der Waals surface area contributed by atoms with Gasteiger partial charge in [0, 0.05) is 6.54 Å². The third kappa shape index (κ3) is 3.50. The maximum absolute atomic E-state index is 9.98. The fourth-order valence-electron chi connectivity index (χ4n) is 1.31. The standard InChI is InChI=1S/C13H16N2O/c1-15(2)9-8-12(10-14)13(16)11-6-4-3-5-7-11/h3-8,13,16H,9H2,1-2H3/b12-8+. The summed E-state index contributed by atoms with van der Waals surface area (Å²) in [6.07, 6.45) is 0.920. The molecular weight excluding hydrogens is 200 g/mol. The lowest BCUT2D eigenvalue weighted by molar-refractivity contribution is 0.219. The van der Waals surface area contributed by atoms with Gasteiger partial charge in [0.15, 0.2) is 0 Å². The van der Waals surface area contributed by atoms with E-state index in [0.29, 0.717) is 12.1 Å². The molecule has 3 heteroatoms. The third-order valence-electron chi connectivity index (χ3n) is 2.22. The van der Waals surface area contributed by atoms with Crippen LogP contribution in [0.15, 0.2) is 42.0 Å². The summed E-state index contributed by atoms with van der Waals surface area (Å²) in [5.74, 6) is 0. The van der Waals surface area contributed by atoms with E-state index >= 15 is 0 Å². The zero-order valence-corrected chi connectivity index (χ0v) is 9.59. The Morgan fingerprint density at radius 1 is 1.44 bits per heavy atom. The van der Waals surface area contributed by atoms with Crippen molar-refractivity contribution in [3.63, 3.8) is 0 Å². The van der Waals surface area contributed by atoms with Gasteiger partial charge in [-0.15, -0.1) is 0 Å². The largest absolute Gasteiger partial charge is 0.383 e. The molecule has 1 rings (SSSR count). The summed E-state index contributed by atoms with van der Waals surface area (Å²) in [5.41, 5.74) is 1.13. The van der Waals surface area contributed by atoms with E-state index in [0.717, 1.165) is 5.56 Å². The number of nitriles is 1. The van der Waals surface area contributed by atoms with Crippen molar-refractivity contribution in [1.82, 2.24) is 4.90 Å². The highest BCUT2D eigenvalue weighted by Crippen LogP contribution is 2.20. The summed E-state index contributed by atoms with van der Waals surface area (Å²) in [6, 6.07) is 11.2. The minimum absolute atomic E-state index is 0.389. The molecule has 0 spiro atoms. The molecule has 0 radical (unpaired) electrons. The molecule has 16 heavy (non-hydrogen) atoms. The van der Waals surface area contributed by atoms with Gasteiger partial charge in [0.05, 0.1) is 11.6 Å². The molecular formula is C13H16N2O. The van der Waals surface area contributed by atoms with Gasteiger partial charge in [-0.05, 0) is 19.7 Å². The van der Waals surface area contributed by atoms with Gasteiger partial charge in [-0.2, -0.15) is 5.26 Å². The summed E-state index contributed by atoms with van der Waals surface area (Å²) in [7, 11) is 3.83. The first-order valence-electron chi connectivity index (χ1n) is 5.13. The quantitative estimate of drug-likeness (QED) is 0.780. The SMILES string of the molecule is CN(C)C/C=C(\C#N)C(O)c1ccccc1. The average Bonchev–Trinajstić information content (AvgIpc) is 2.30. The Labute approximate surface area is 96.2 Å². The maximum atomic E-state index is 9.98. The van der Waals surface area contributed by atoms with Crippen LogP contribution in [0.5, 0.6) is 0 Å². The van der Waals surface area contributed by atoms with Gasteiger partial charge in [0.25, 0.3) is 0 Å². The van der Waals surface area contributed by atoms with Crippen LogP contribution in [0.4, 0.5) is 0 Å². The second-order valence-corrected chi connectivity index (χ2v) is 3.85. The third-order valence-corrected chi connectivity index (χ3v) is 2.22. The van der Waals surface area contributed by atoms with Crippen molar-refractivity contribution in [2.75, 3.05) is 20.6 Å². The Morgan fingerprint density at radius 3 is 2.56 bits per heavy atom. The van der Waals surface area contributed by atoms with E-state index in [1.807, 2.05) is 55.4 Å². The molecule has 0 saturated carbocycles. The zero-order valence-electron chi connectivity index (χ0n) is 9.59. The molecule has 1 aromatic rings. The highest BCUT2D eigenvalue weighted by atomic mass is 16.3. The first-order chi connectivity index (χ1) is 7.65. The lowest BCUT2D eigenvalue weighted by Gasteiger charge is -2.11. The topological polar surface area (TPSA) is 47.3 Å². The minimum atomic E-state index is -0.828. The molecule has 1 unspecified atom stereocenters. The van der Waals surface area contributed by atoms with E-state index in [1.54, 1.807) is 6.08 Å². The van der Waals surface area contributed by atoms with Crippen LogP contribution >= 0.6 is 0 Å². The lowest BCUT2D eigenvalue weighted by atomic mass is 10.0. The Morgan fingerprint density at radius 2 is 2.06 bits per heavy atom. The van der Waals surface area contributed by atoms with Crippen molar-refractivity contribution in [3.05, 3.63) is 47.5 Å². The van der Waals surface area contributed by atoms with Gasteiger partial charge in [0.1, 0.15) is 6.10 Å². The normalized spacial score (nSPS) is 13.6. The van der Waals surface area contributed by atoms with Crippen LogP contribution in [-0.4, -0.2) is 30.6 Å². The summed E-state index contributed by atoms with van der Waals surface area (Å²) in [5, 5.41) is 19.0. The molecule has 0 aliphatic rings. The van der Waals surface area contributed by atoms with Crippen LogP contribution in [0.25, 0.3) is 0 Å². The minimum Gasteiger partial charge on any atom is -0.383 e. The van der Waals surface area contributed by atoms with Crippen LogP contribution in [-0.2, 0) is 0 Å². The van der Waals surface area contributed by atoms with Gasteiger partial charge >= 0.3 is 0 Å². The van der Waals surface area contributed by atoms with E-state index < -0.39 is 6.10 Å². The van der Waals surface area contributed by atoms with Gasteiger partial charge in [-0.3, -0.25) is 0 Å². The number of likely N-dealkylation sites (N-methyl/N-ethyl adjacent to an activating group) is 1. The maximum Gasteiger partial charge on any atom is 0.114 e. The summed E-state index contributed by atoms with van der Waals surface area (Å²) in [6.45, 7) is 0.646. The Hall–Kier alpha value is -1.63. The van der Waals surface area contributed by atoms with E-state index in [-0.39, 0.29) is 0 Å². The van der Waals surface area contributed by atoms with Crippen molar-refractivity contribution >= 4 is 0 Å². The molecule has 1 N–H and O–H groups in total. The molecule has 0 aliphatic carbocycles. The smallest absolute Gasteiger partial charge is 0.114 e. The molecule has 0 bridgehead atoms. The number of rotatable bonds is 4. The number of benzene rings is 1. The van der Waals surface area contributed by atoms with Crippen LogP contribution in [0, 0.1) is 11.3 Å². The van der Waals surface area contributed by atoms with Crippen molar-refractivity contribution in [2.24, 2.45) is 0 Å². The fourth-order valence-corrected chi connectivity index (χ4v) is 1.31. The summed E-state index contributed by atoms with van der Waals surface area (Å²) >= 11 is 0. The van der Waals surface area contributed by atoms with Crippen LogP contribution in [0.3, 0.4) is 0 Å². The molecule has 0 aromatic heterocycles. The zero-order chi connectivity index (χ0) is 12.0. The molecule has 84 valence electrons. The lowest BCUT2D eigenvalue weighted by Crippen LogP contribution is -2.12. The van der Waals surface area contributed by atoms with Crippen LogP contribution in [0.2, 0.25) is 0 Å². The van der Waals surface area contributed by atoms with Crippen LogP contribution < -0.4 is 0 Å². The van der Waals surface area contributed by atoms with Crippen molar-refractivity contribution in [3.8, 4) is 6.07 Å². The first kappa shape index (κ1) is 12.4. The Balaban J connectivity index is 2.83. The molecule has 0 amide bonds. The van der Waals surface area contributed by atoms with Gasteiger partial charge in [-0.1, -0.05) is 36.4 Å². The Kier molecular flexibility index (Phi) is 4.71. The second kappa shape index (κ2) is 6.06. The summed E-state index contributed by atoms with van der Waals surface area (Å²) in [4.78, 5) is 1.94. The van der Waals surface area contributed by atoms with Crippen LogP contribution in [0.1, 0.15) is 11.7 Å². The molecule has 1 atom stereocenters. The molecule has 0 saturated heterocycles. The number of aliphatic hydroxyl groups excluding tert-OH is 1. The van der Waals surface area contributed by atoms with Crippen molar-refractivity contribution in [2.45, 2.75) is 6.10 Å². The van der Waals surface area contributed by atoms with Crippen molar-refractivity contribution < 1.29 is 5.11 Å².